The van der Waals surface area contributed by atoms with E-state index in [1.54, 1.807) is 0 Å². The Morgan fingerprint density at radius 2 is 2.18 bits per heavy atom. The van der Waals surface area contributed by atoms with E-state index >= 15 is 0 Å². The maximum atomic E-state index is 11.9. The molecular weight excluding hydrogens is 218 g/mol. The number of amides is 1. The van der Waals surface area contributed by atoms with E-state index in [1.807, 2.05) is 0 Å². The standard InChI is InChI=1S/C13H17NO3/c1-2-3-7-11(15)14-8-9-5-4-6-10(9)12(14)13(16)17/h1,9-10,12H,3-8H2,(H,16,17). The Labute approximate surface area is 101 Å². The lowest BCUT2D eigenvalue weighted by molar-refractivity contribution is -0.149. The maximum absolute atomic E-state index is 11.9. The van der Waals surface area contributed by atoms with Crippen molar-refractivity contribution in [3.05, 3.63) is 0 Å². The summed E-state index contributed by atoms with van der Waals surface area (Å²) in [4.78, 5) is 24.8. The highest BCUT2D eigenvalue weighted by molar-refractivity contribution is 5.84. The van der Waals surface area contributed by atoms with Gasteiger partial charge in [0.25, 0.3) is 0 Å². The number of fused-ring (bicyclic) bond motifs is 1. The van der Waals surface area contributed by atoms with Gasteiger partial charge in [0.15, 0.2) is 0 Å². The number of aliphatic carboxylic acids is 1. The third-order valence-electron chi connectivity index (χ3n) is 3.95. The second-order valence-corrected chi connectivity index (χ2v) is 4.89. The first kappa shape index (κ1) is 12.0. The van der Waals surface area contributed by atoms with Crippen LogP contribution in [0.1, 0.15) is 32.1 Å². The van der Waals surface area contributed by atoms with E-state index in [0.29, 0.717) is 18.9 Å². The number of carbonyl (C=O) groups is 2. The van der Waals surface area contributed by atoms with Crippen molar-refractivity contribution in [3.8, 4) is 12.3 Å². The summed E-state index contributed by atoms with van der Waals surface area (Å²) in [6, 6.07) is -0.618. The van der Waals surface area contributed by atoms with Crippen molar-refractivity contribution >= 4 is 11.9 Å². The number of carboxylic acids is 1. The van der Waals surface area contributed by atoms with E-state index in [4.69, 9.17) is 6.42 Å². The Kier molecular flexibility index (Phi) is 3.37. The zero-order valence-corrected chi connectivity index (χ0v) is 9.76. The van der Waals surface area contributed by atoms with Crippen LogP contribution >= 0.6 is 0 Å². The summed E-state index contributed by atoms with van der Waals surface area (Å²) in [6.07, 6.45) is 8.84. The smallest absolute Gasteiger partial charge is 0.326 e. The predicted octanol–water partition coefficient (Wildman–Crippen LogP) is 1.11. The van der Waals surface area contributed by atoms with E-state index in [9.17, 15) is 14.7 Å². The number of hydrogen-bond acceptors (Lipinski definition) is 2. The van der Waals surface area contributed by atoms with Crippen molar-refractivity contribution in [2.75, 3.05) is 6.54 Å². The van der Waals surface area contributed by atoms with Crippen LogP contribution in [0.2, 0.25) is 0 Å². The summed E-state index contributed by atoms with van der Waals surface area (Å²) in [5, 5.41) is 9.27. The minimum Gasteiger partial charge on any atom is -0.480 e. The van der Waals surface area contributed by atoms with Crippen molar-refractivity contribution in [2.24, 2.45) is 11.8 Å². The van der Waals surface area contributed by atoms with Gasteiger partial charge in [-0.2, -0.15) is 0 Å². The Bertz CT molecular complexity index is 371. The molecule has 0 spiro atoms. The predicted molar refractivity (Wildman–Crippen MR) is 62.0 cm³/mol. The average Bonchev–Trinajstić information content (AvgIpc) is 2.83. The minimum absolute atomic E-state index is 0.107. The highest BCUT2D eigenvalue weighted by atomic mass is 16.4. The molecule has 1 N–H and O–H groups in total. The minimum atomic E-state index is -0.867. The molecule has 2 fully saturated rings. The molecule has 1 saturated heterocycles. The van der Waals surface area contributed by atoms with Crippen LogP contribution in [-0.2, 0) is 9.59 Å². The van der Waals surface area contributed by atoms with Crippen LogP contribution in [0, 0.1) is 24.2 Å². The van der Waals surface area contributed by atoms with Crippen LogP contribution < -0.4 is 0 Å². The van der Waals surface area contributed by atoms with Gasteiger partial charge in [-0.15, -0.1) is 12.3 Å². The number of carboxylic acid groups (broad SMARTS) is 1. The molecule has 1 aliphatic heterocycles. The fraction of sp³-hybridized carbons (Fsp3) is 0.692. The van der Waals surface area contributed by atoms with Crippen LogP contribution in [-0.4, -0.2) is 34.5 Å². The molecule has 0 radical (unpaired) electrons. The molecule has 0 aromatic rings. The molecule has 1 heterocycles. The second kappa shape index (κ2) is 4.79. The zero-order chi connectivity index (χ0) is 12.4. The molecule has 92 valence electrons. The van der Waals surface area contributed by atoms with E-state index in [0.717, 1.165) is 19.3 Å². The van der Waals surface area contributed by atoms with Crippen LogP contribution in [0.5, 0.6) is 0 Å². The average molecular weight is 235 g/mol. The largest absolute Gasteiger partial charge is 0.480 e. The van der Waals surface area contributed by atoms with Crippen molar-refractivity contribution < 1.29 is 14.7 Å². The fourth-order valence-electron chi connectivity index (χ4n) is 3.20. The molecule has 4 nitrogen and oxygen atoms in total. The molecule has 1 aliphatic carbocycles. The van der Waals surface area contributed by atoms with Crippen molar-refractivity contribution in [3.63, 3.8) is 0 Å². The van der Waals surface area contributed by atoms with Crippen molar-refractivity contribution in [1.82, 2.24) is 4.90 Å². The van der Waals surface area contributed by atoms with E-state index in [2.05, 4.69) is 5.92 Å². The first-order valence-electron chi connectivity index (χ1n) is 6.11. The summed E-state index contributed by atoms with van der Waals surface area (Å²) in [5.74, 6) is 1.98. The second-order valence-electron chi connectivity index (χ2n) is 4.89. The van der Waals surface area contributed by atoms with Crippen molar-refractivity contribution in [1.29, 1.82) is 0 Å². The molecular formula is C13H17NO3. The Morgan fingerprint density at radius 1 is 1.41 bits per heavy atom. The van der Waals surface area contributed by atoms with Crippen LogP contribution in [0.15, 0.2) is 0 Å². The lowest BCUT2D eigenvalue weighted by Crippen LogP contribution is -2.43. The first-order chi connectivity index (χ1) is 8.15. The Balaban J connectivity index is 2.09. The van der Waals surface area contributed by atoms with Gasteiger partial charge in [-0.25, -0.2) is 4.79 Å². The third-order valence-corrected chi connectivity index (χ3v) is 3.95. The van der Waals surface area contributed by atoms with Crippen LogP contribution in [0.4, 0.5) is 0 Å². The van der Waals surface area contributed by atoms with Crippen LogP contribution in [0.25, 0.3) is 0 Å². The Morgan fingerprint density at radius 3 is 2.82 bits per heavy atom. The number of terminal acetylenes is 1. The molecule has 17 heavy (non-hydrogen) atoms. The summed E-state index contributed by atoms with van der Waals surface area (Å²) >= 11 is 0. The van der Waals surface area contributed by atoms with Gasteiger partial charge in [0.1, 0.15) is 6.04 Å². The Hall–Kier alpha value is -1.50. The fourth-order valence-corrected chi connectivity index (χ4v) is 3.20. The van der Waals surface area contributed by atoms with Crippen LogP contribution in [0.3, 0.4) is 0 Å². The maximum Gasteiger partial charge on any atom is 0.326 e. The normalized spacial score (nSPS) is 31.0. The molecule has 0 aromatic heterocycles. The van der Waals surface area contributed by atoms with Gasteiger partial charge in [-0.3, -0.25) is 4.79 Å². The lowest BCUT2D eigenvalue weighted by Gasteiger charge is -2.24. The number of likely N-dealkylation sites (tertiary alicyclic amines) is 1. The molecule has 1 amide bonds. The first-order valence-corrected chi connectivity index (χ1v) is 6.11. The summed E-state index contributed by atoms with van der Waals surface area (Å²) in [6.45, 7) is 0.602. The molecule has 2 rings (SSSR count). The van der Waals surface area contributed by atoms with Gasteiger partial charge in [-0.1, -0.05) is 6.42 Å². The van der Waals surface area contributed by atoms with Gasteiger partial charge in [0.2, 0.25) is 5.91 Å². The highest BCUT2D eigenvalue weighted by Crippen LogP contribution is 2.42. The quantitative estimate of drug-likeness (QED) is 0.745. The van der Waals surface area contributed by atoms with Gasteiger partial charge in [0, 0.05) is 19.4 Å². The third kappa shape index (κ3) is 2.14. The summed E-state index contributed by atoms with van der Waals surface area (Å²) in [7, 11) is 0. The molecule has 0 bridgehead atoms. The SMILES string of the molecule is C#CCCC(=O)N1CC2CCCC2C1C(=O)O. The zero-order valence-electron chi connectivity index (χ0n) is 9.76. The van der Waals surface area contributed by atoms with Crippen molar-refractivity contribution in [2.45, 2.75) is 38.1 Å². The van der Waals surface area contributed by atoms with E-state index in [1.165, 1.54) is 4.90 Å². The monoisotopic (exact) mass is 235 g/mol. The summed E-state index contributed by atoms with van der Waals surface area (Å²) in [5.41, 5.74) is 0. The summed E-state index contributed by atoms with van der Waals surface area (Å²) < 4.78 is 0. The number of nitrogens with zero attached hydrogens (tertiary/aromatic N) is 1. The number of carbonyl (C=O) groups excluding carboxylic acids is 1. The molecule has 4 heteroatoms. The topological polar surface area (TPSA) is 57.6 Å². The molecule has 2 aliphatic rings. The number of rotatable bonds is 3. The van der Waals surface area contributed by atoms with Gasteiger partial charge >= 0.3 is 5.97 Å². The van der Waals surface area contributed by atoms with Gasteiger partial charge in [-0.05, 0) is 24.7 Å². The van der Waals surface area contributed by atoms with E-state index < -0.39 is 12.0 Å². The molecule has 3 unspecified atom stereocenters. The van der Waals surface area contributed by atoms with Gasteiger partial charge < -0.3 is 10.0 Å². The number of hydrogen-bond donors (Lipinski definition) is 1. The lowest BCUT2D eigenvalue weighted by atomic mass is 9.94. The molecule has 0 aromatic carbocycles. The van der Waals surface area contributed by atoms with Gasteiger partial charge in [0.05, 0.1) is 0 Å². The van der Waals surface area contributed by atoms with E-state index in [-0.39, 0.29) is 18.2 Å². The molecule has 3 atom stereocenters. The highest BCUT2D eigenvalue weighted by Gasteiger charge is 2.49. The molecule has 1 saturated carbocycles.